The second-order valence-electron chi connectivity index (χ2n) is 3.53. The van der Waals surface area contributed by atoms with Gasteiger partial charge in [-0.15, -0.1) is 0 Å². The van der Waals surface area contributed by atoms with Crippen molar-refractivity contribution in [3.63, 3.8) is 0 Å². The van der Waals surface area contributed by atoms with Crippen LogP contribution in [0.1, 0.15) is 25.7 Å². The van der Waals surface area contributed by atoms with Gasteiger partial charge in [-0.05, 0) is 18.8 Å². The van der Waals surface area contributed by atoms with E-state index >= 15 is 0 Å². The Morgan fingerprint density at radius 3 is 2.54 bits per heavy atom. The van der Waals surface area contributed by atoms with Crippen LogP contribution in [0.3, 0.4) is 0 Å². The highest BCUT2D eigenvalue weighted by molar-refractivity contribution is 5.80. The Bertz CT molecular complexity index is 240. The van der Waals surface area contributed by atoms with E-state index in [2.05, 4.69) is 0 Å². The second-order valence-corrected chi connectivity index (χ2v) is 3.53. The molecule has 0 bridgehead atoms. The highest BCUT2D eigenvalue weighted by Gasteiger charge is 2.46. The molecule has 0 aromatic rings. The molecule has 0 amide bonds. The van der Waals surface area contributed by atoms with E-state index in [0.717, 1.165) is 0 Å². The lowest BCUT2D eigenvalue weighted by molar-refractivity contribution is -0.146. The van der Waals surface area contributed by atoms with E-state index in [1.54, 1.807) is 0 Å². The molecule has 13 heavy (non-hydrogen) atoms. The largest absolute Gasteiger partial charge is 0.481 e. The van der Waals surface area contributed by atoms with Gasteiger partial charge in [0.25, 0.3) is 0 Å². The third kappa shape index (κ3) is 1.80. The fraction of sp³-hybridized carbons (Fsp3) is 0.750. The molecule has 1 rings (SSSR count). The topological polar surface area (TPSA) is 101 Å². The molecule has 2 atom stereocenters. The quantitative estimate of drug-likeness (QED) is 0.579. The lowest BCUT2D eigenvalue weighted by atomic mass is 9.86. The van der Waals surface area contributed by atoms with Crippen molar-refractivity contribution in [2.24, 2.45) is 11.7 Å². The highest BCUT2D eigenvalue weighted by Crippen LogP contribution is 2.36. The number of rotatable bonds is 3. The molecule has 5 nitrogen and oxygen atoms in total. The minimum absolute atomic E-state index is 0.150. The van der Waals surface area contributed by atoms with E-state index in [1.165, 1.54) is 0 Å². The second kappa shape index (κ2) is 3.33. The van der Waals surface area contributed by atoms with E-state index in [1.807, 2.05) is 0 Å². The van der Waals surface area contributed by atoms with Crippen molar-refractivity contribution in [1.29, 1.82) is 0 Å². The van der Waals surface area contributed by atoms with Crippen LogP contribution in [0.2, 0.25) is 0 Å². The van der Waals surface area contributed by atoms with Gasteiger partial charge in [0.1, 0.15) is 5.54 Å². The third-order valence-corrected chi connectivity index (χ3v) is 2.69. The summed E-state index contributed by atoms with van der Waals surface area (Å²) in [4.78, 5) is 21.2. The van der Waals surface area contributed by atoms with Crippen molar-refractivity contribution >= 4 is 11.9 Å². The molecule has 5 heteroatoms. The molecule has 0 saturated heterocycles. The fourth-order valence-electron chi connectivity index (χ4n) is 1.88. The lowest BCUT2D eigenvalue weighted by Crippen LogP contribution is -2.51. The number of hydrogen-bond donors (Lipinski definition) is 3. The molecule has 0 radical (unpaired) electrons. The van der Waals surface area contributed by atoms with E-state index in [9.17, 15) is 9.59 Å². The van der Waals surface area contributed by atoms with Gasteiger partial charge in [0, 0.05) is 0 Å². The van der Waals surface area contributed by atoms with E-state index in [0.29, 0.717) is 19.3 Å². The minimum atomic E-state index is -1.32. The summed E-state index contributed by atoms with van der Waals surface area (Å²) in [5.74, 6) is -2.50. The first-order valence-electron chi connectivity index (χ1n) is 4.21. The minimum Gasteiger partial charge on any atom is -0.481 e. The van der Waals surface area contributed by atoms with Gasteiger partial charge in [-0.2, -0.15) is 0 Å². The predicted molar refractivity (Wildman–Crippen MR) is 44.1 cm³/mol. The molecule has 0 spiro atoms. The summed E-state index contributed by atoms with van der Waals surface area (Å²) in [7, 11) is 0. The summed E-state index contributed by atoms with van der Waals surface area (Å²) in [5.41, 5.74) is 4.31. The molecule has 0 aliphatic heterocycles. The van der Waals surface area contributed by atoms with Crippen molar-refractivity contribution in [2.75, 3.05) is 0 Å². The molecular formula is C8H13NO4. The zero-order valence-corrected chi connectivity index (χ0v) is 7.19. The van der Waals surface area contributed by atoms with Gasteiger partial charge < -0.3 is 15.9 Å². The van der Waals surface area contributed by atoms with Crippen molar-refractivity contribution in [2.45, 2.75) is 31.2 Å². The first-order valence-corrected chi connectivity index (χ1v) is 4.21. The van der Waals surface area contributed by atoms with E-state index in [-0.39, 0.29) is 6.42 Å². The molecule has 0 heterocycles. The number of aliphatic carboxylic acids is 2. The smallest absolute Gasteiger partial charge is 0.323 e. The molecule has 0 unspecified atom stereocenters. The molecule has 1 aliphatic carbocycles. The zero-order valence-electron chi connectivity index (χ0n) is 7.19. The summed E-state index contributed by atoms with van der Waals surface area (Å²) in [5, 5.41) is 17.4. The monoisotopic (exact) mass is 187 g/mol. The van der Waals surface area contributed by atoms with Gasteiger partial charge >= 0.3 is 11.9 Å². The van der Waals surface area contributed by atoms with E-state index in [4.69, 9.17) is 15.9 Å². The molecule has 1 saturated carbocycles. The first kappa shape index (κ1) is 9.98. The average molecular weight is 187 g/mol. The first-order chi connectivity index (χ1) is 5.97. The predicted octanol–water partition coefficient (Wildman–Crippen LogP) is 0.0433. The Balaban J connectivity index is 2.73. The van der Waals surface area contributed by atoms with Crippen LogP contribution in [0, 0.1) is 5.92 Å². The van der Waals surface area contributed by atoms with Gasteiger partial charge in [-0.3, -0.25) is 9.59 Å². The van der Waals surface area contributed by atoms with Crippen molar-refractivity contribution in [3.05, 3.63) is 0 Å². The van der Waals surface area contributed by atoms with Crippen LogP contribution in [0.5, 0.6) is 0 Å². The third-order valence-electron chi connectivity index (χ3n) is 2.69. The van der Waals surface area contributed by atoms with Crippen molar-refractivity contribution < 1.29 is 19.8 Å². The van der Waals surface area contributed by atoms with Crippen LogP contribution < -0.4 is 5.73 Å². The highest BCUT2D eigenvalue weighted by atomic mass is 16.4. The van der Waals surface area contributed by atoms with E-state index < -0.39 is 23.4 Å². The van der Waals surface area contributed by atoms with Crippen LogP contribution in [-0.2, 0) is 9.59 Å². The maximum atomic E-state index is 10.8. The van der Waals surface area contributed by atoms with Crippen LogP contribution in [0.4, 0.5) is 0 Å². The summed E-state index contributed by atoms with van der Waals surface area (Å²) >= 11 is 0. The van der Waals surface area contributed by atoms with Gasteiger partial charge in [0.15, 0.2) is 0 Å². The number of nitrogens with two attached hydrogens (primary N) is 1. The Morgan fingerprint density at radius 1 is 1.46 bits per heavy atom. The maximum Gasteiger partial charge on any atom is 0.323 e. The molecule has 1 fully saturated rings. The van der Waals surface area contributed by atoms with Crippen LogP contribution in [0.25, 0.3) is 0 Å². The molecule has 74 valence electrons. The van der Waals surface area contributed by atoms with Gasteiger partial charge in [0.05, 0.1) is 6.42 Å². The lowest BCUT2D eigenvalue weighted by Gasteiger charge is -2.25. The molecule has 0 aromatic heterocycles. The summed E-state index contributed by atoms with van der Waals surface area (Å²) < 4.78 is 0. The van der Waals surface area contributed by atoms with Crippen LogP contribution >= 0.6 is 0 Å². The number of carboxylic acid groups (broad SMARTS) is 2. The van der Waals surface area contributed by atoms with Crippen molar-refractivity contribution in [1.82, 2.24) is 0 Å². The maximum absolute atomic E-state index is 10.8. The average Bonchev–Trinajstić information content (AvgIpc) is 2.33. The Kier molecular flexibility index (Phi) is 2.56. The van der Waals surface area contributed by atoms with Crippen LogP contribution in [-0.4, -0.2) is 27.7 Å². The zero-order chi connectivity index (χ0) is 10.1. The number of hydrogen-bond acceptors (Lipinski definition) is 3. The van der Waals surface area contributed by atoms with Gasteiger partial charge in [-0.1, -0.05) is 6.42 Å². The number of carboxylic acids is 2. The van der Waals surface area contributed by atoms with Gasteiger partial charge in [-0.25, -0.2) is 0 Å². The summed E-state index contributed by atoms with van der Waals surface area (Å²) in [6.45, 7) is 0. The van der Waals surface area contributed by atoms with Crippen LogP contribution in [0.15, 0.2) is 0 Å². The standard InChI is InChI=1S/C8H13NO4/c9-8(7(12)13)3-1-2-5(8)4-6(10)11/h5H,1-4,9H2,(H,10,11)(H,12,13)/t5-,8+/m0/s1. The fourth-order valence-corrected chi connectivity index (χ4v) is 1.88. The Hall–Kier alpha value is -1.10. The summed E-state index contributed by atoms with van der Waals surface area (Å²) in [6.07, 6.45) is 1.51. The number of carbonyl (C=O) groups is 2. The Morgan fingerprint density at radius 2 is 2.08 bits per heavy atom. The normalized spacial score (nSPS) is 33.2. The molecule has 4 N–H and O–H groups in total. The summed E-state index contributed by atoms with van der Waals surface area (Å²) in [6, 6.07) is 0. The molecule has 1 aliphatic rings. The van der Waals surface area contributed by atoms with Crippen molar-refractivity contribution in [3.8, 4) is 0 Å². The SMILES string of the molecule is N[C@]1(C(=O)O)CCC[C@H]1CC(=O)O. The van der Waals surface area contributed by atoms with Gasteiger partial charge in [0.2, 0.25) is 0 Å². The molecule has 0 aromatic carbocycles. The Labute approximate surface area is 75.5 Å². The molecular weight excluding hydrogens is 174 g/mol.